The summed E-state index contributed by atoms with van der Waals surface area (Å²) < 4.78 is 0. The molecule has 0 aromatic heterocycles. The molecule has 0 aromatic rings. The van der Waals surface area contributed by atoms with Crippen LogP contribution >= 0.6 is 0 Å². The first-order valence-electron chi connectivity index (χ1n) is 7.41. The molecule has 0 bridgehead atoms. The maximum absolute atomic E-state index is 3.56. The van der Waals surface area contributed by atoms with Crippen molar-refractivity contribution in [2.75, 3.05) is 13.1 Å². The molecular weight excluding hydrogens is 208 g/mol. The maximum Gasteiger partial charge on any atom is 0.0107 e. The second kappa shape index (κ2) is 6.75. The summed E-state index contributed by atoms with van der Waals surface area (Å²) in [6.07, 6.45) is 2.74. The van der Waals surface area contributed by atoms with E-state index in [-0.39, 0.29) is 0 Å². The summed E-state index contributed by atoms with van der Waals surface area (Å²) in [6.45, 7) is 16.4. The Kier molecular flexibility index (Phi) is 5.94. The summed E-state index contributed by atoms with van der Waals surface area (Å²) in [5, 5.41) is 3.56. The van der Waals surface area contributed by atoms with Crippen molar-refractivity contribution >= 4 is 0 Å². The molecule has 2 nitrogen and oxygen atoms in total. The van der Waals surface area contributed by atoms with Gasteiger partial charge in [0.1, 0.15) is 0 Å². The van der Waals surface area contributed by atoms with Gasteiger partial charge in [0, 0.05) is 18.1 Å². The molecule has 4 unspecified atom stereocenters. The summed E-state index contributed by atoms with van der Waals surface area (Å²) in [7, 11) is 0. The first-order valence-corrected chi connectivity index (χ1v) is 7.41. The van der Waals surface area contributed by atoms with Crippen molar-refractivity contribution in [1.82, 2.24) is 10.2 Å². The first-order chi connectivity index (χ1) is 7.91. The monoisotopic (exact) mass is 240 g/mol. The zero-order valence-electron chi connectivity index (χ0n) is 12.7. The second-order valence-electron chi connectivity index (χ2n) is 6.50. The first kappa shape index (κ1) is 15.0. The van der Waals surface area contributed by atoms with Crippen LogP contribution in [0.3, 0.4) is 0 Å². The minimum atomic E-state index is 0.600. The molecule has 1 aliphatic heterocycles. The summed E-state index contributed by atoms with van der Waals surface area (Å²) in [5.41, 5.74) is 0. The minimum Gasteiger partial charge on any atom is -0.314 e. The molecule has 102 valence electrons. The van der Waals surface area contributed by atoms with Crippen LogP contribution in [0.4, 0.5) is 0 Å². The van der Waals surface area contributed by atoms with Gasteiger partial charge >= 0.3 is 0 Å². The topological polar surface area (TPSA) is 15.3 Å². The number of likely N-dealkylation sites (tertiary alicyclic amines) is 1. The van der Waals surface area contributed by atoms with Crippen LogP contribution in [-0.4, -0.2) is 36.1 Å². The Bertz CT molecular complexity index is 215. The lowest BCUT2D eigenvalue weighted by molar-refractivity contribution is 0.0637. The number of nitrogens with one attached hydrogen (secondary N) is 1. The summed E-state index contributed by atoms with van der Waals surface area (Å²) >= 11 is 0. The van der Waals surface area contributed by atoms with Gasteiger partial charge in [-0.05, 0) is 51.6 Å². The quantitative estimate of drug-likeness (QED) is 0.794. The van der Waals surface area contributed by atoms with E-state index in [0.717, 1.165) is 24.4 Å². The zero-order valence-corrected chi connectivity index (χ0v) is 12.7. The molecule has 0 aliphatic carbocycles. The Morgan fingerprint density at radius 3 is 2.35 bits per heavy atom. The fraction of sp³-hybridized carbons (Fsp3) is 1.00. The standard InChI is InChI=1S/C15H32N2/c1-11(2)16-10-13(4)15(6)17-8-7-12(3)9-14(17)5/h11-16H,7-10H2,1-6H3. The van der Waals surface area contributed by atoms with Gasteiger partial charge in [-0.2, -0.15) is 0 Å². The molecule has 1 heterocycles. The van der Waals surface area contributed by atoms with Gasteiger partial charge in [0.05, 0.1) is 0 Å². The molecule has 2 heteroatoms. The van der Waals surface area contributed by atoms with Gasteiger partial charge in [0.2, 0.25) is 0 Å². The normalized spacial score (nSPS) is 30.5. The van der Waals surface area contributed by atoms with Crippen molar-refractivity contribution in [2.24, 2.45) is 11.8 Å². The van der Waals surface area contributed by atoms with Crippen LogP contribution in [-0.2, 0) is 0 Å². The van der Waals surface area contributed by atoms with Crippen molar-refractivity contribution in [3.63, 3.8) is 0 Å². The Hall–Kier alpha value is -0.0800. The van der Waals surface area contributed by atoms with Gasteiger partial charge in [-0.1, -0.05) is 27.7 Å². The second-order valence-corrected chi connectivity index (χ2v) is 6.50. The highest BCUT2D eigenvalue weighted by Crippen LogP contribution is 2.26. The average molecular weight is 240 g/mol. The molecule has 0 amide bonds. The lowest BCUT2D eigenvalue weighted by Gasteiger charge is -2.42. The van der Waals surface area contributed by atoms with E-state index in [9.17, 15) is 0 Å². The van der Waals surface area contributed by atoms with Gasteiger partial charge in [-0.15, -0.1) is 0 Å². The molecule has 0 aromatic carbocycles. The zero-order chi connectivity index (χ0) is 13.0. The molecule has 1 saturated heterocycles. The van der Waals surface area contributed by atoms with Crippen molar-refractivity contribution in [2.45, 2.75) is 72.5 Å². The Labute approximate surface area is 108 Å². The van der Waals surface area contributed by atoms with E-state index < -0.39 is 0 Å². The van der Waals surface area contributed by atoms with Gasteiger partial charge in [0.25, 0.3) is 0 Å². The smallest absolute Gasteiger partial charge is 0.0107 e. The van der Waals surface area contributed by atoms with Crippen molar-refractivity contribution in [3.05, 3.63) is 0 Å². The highest BCUT2D eigenvalue weighted by molar-refractivity contribution is 4.83. The van der Waals surface area contributed by atoms with Gasteiger partial charge < -0.3 is 5.32 Å². The SMILES string of the molecule is CC1CCN(C(C)C(C)CNC(C)C)C(C)C1. The Balaban J connectivity index is 2.42. The van der Waals surface area contributed by atoms with Crippen LogP contribution < -0.4 is 5.32 Å². The van der Waals surface area contributed by atoms with Crippen LogP contribution in [0.25, 0.3) is 0 Å². The Morgan fingerprint density at radius 2 is 1.82 bits per heavy atom. The van der Waals surface area contributed by atoms with Crippen LogP contribution in [0.1, 0.15) is 54.4 Å². The average Bonchev–Trinajstić information content (AvgIpc) is 2.25. The Morgan fingerprint density at radius 1 is 1.18 bits per heavy atom. The molecule has 4 atom stereocenters. The molecule has 0 radical (unpaired) electrons. The number of rotatable bonds is 5. The van der Waals surface area contributed by atoms with Crippen LogP contribution in [0.15, 0.2) is 0 Å². The highest BCUT2D eigenvalue weighted by atomic mass is 15.2. The molecule has 17 heavy (non-hydrogen) atoms. The van der Waals surface area contributed by atoms with E-state index in [1.807, 2.05) is 0 Å². The van der Waals surface area contributed by atoms with E-state index >= 15 is 0 Å². The number of nitrogens with zero attached hydrogens (tertiary/aromatic N) is 1. The third-order valence-corrected chi connectivity index (χ3v) is 4.38. The van der Waals surface area contributed by atoms with Crippen LogP contribution in [0.2, 0.25) is 0 Å². The number of hydrogen-bond donors (Lipinski definition) is 1. The summed E-state index contributed by atoms with van der Waals surface area (Å²) in [5.74, 6) is 1.64. The molecule has 1 aliphatic rings. The van der Waals surface area contributed by atoms with Gasteiger partial charge in [0.15, 0.2) is 0 Å². The van der Waals surface area contributed by atoms with Crippen molar-refractivity contribution < 1.29 is 0 Å². The lowest BCUT2D eigenvalue weighted by atomic mass is 9.90. The maximum atomic E-state index is 3.56. The van der Waals surface area contributed by atoms with Crippen molar-refractivity contribution in [1.29, 1.82) is 0 Å². The predicted molar refractivity (Wildman–Crippen MR) is 76.3 cm³/mol. The van der Waals surface area contributed by atoms with E-state index in [4.69, 9.17) is 0 Å². The van der Waals surface area contributed by atoms with E-state index in [1.165, 1.54) is 19.4 Å². The molecule has 1 N–H and O–H groups in total. The van der Waals surface area contributed by atoms with Crippen LogP contribution in [0, 0.1) is 11.8 Å². The number of piperidine rings is 1. The largest absolute Gasteiger partial charge is 0.314 e. The minimum absolute atomic E-state index is 0.600. The summed E-state index contributed by atoms with van der Waals surface area (Å²) in [4.78, 5) is 2.71. The summed E-state index contributed by atoms with van der Waals surface area (Å²) in [6, 6.07) is 2.06. The van der Waals surface area contributed by atoms with Gasteiger partial charge in [-0.25, -0.2) is 0 Å². The van der Waals surface area contributed by atoms with E-state index in [0.29, 0.717) is 12.1 Å². The van der Waals surface area contributed by atoms with Crippen LogP contribution in [0.5, 0.6) is 0 Å². The van der Waals surface area contributed by atoms with Crippen molar-refractivity contribution in [3.8, 4) is 0 Å². The molecule has 0 spiro atoms. The molecular formula is C15H32N2. The predicted octanol–water partition coefficient (Wildman–Crippen LogP) is 3.13. The number of hydrogen-bond acceptors (Lipinski definition) is 2. The highest BCUT2D eigenvalue weighted by Gasteiger charge is 2.28. The van der Waals surface area contributed by atoms with Gasteiger partial charge in [-0.3, -0.25) is 4.90 Å². The van der Waals surface area contributed by atoms with E-state index in [2.05, 4.69) is 51.8 Å². The fourth-order valence-corrected chi connectivity index (χ4v) is 2.95. The third-order valence-electron chi connectivity index (χ3n) is 4.38. The fourth-order valence-electron chi connectivity index (χ4n) is 2.95. The lowest BCUT2D eigenvalue weighted by Crippen LogP contribution is -2.49. The molecule has 0 saturated carbocycles. The van der Waals surface area contributed by atoms with E-state index in [1.54, 1.807) is 0 Å². The third kappa shape index (κ3) is 4.59. The molecule has 1 rings (SSSR count). The molecule has 1 fully saturated rings.